The number of hydrogen-bond acceptors (Lipinski definition) is 4. The lowest BCUT2D eigenvalue weighted by molar-refractivity contribution is 0.0160. The summed E-state index contributed by atoms with van der Waals surface area (Å²) >= 11 is 1.79. The van der Waals surface area contributed by atoms with Gasteiger partial charge in [-0.1, -0.05) is 6.42 Å². The van der Waals surface area contributed by atoms with Gasteiger partial charge in [-0.3, -0.25) is 9.80 Å². The summed E-state index contributed by atoms with van der Waals surface area (Å²) in [7, 11) is 0. The van der Waals surface area contributed by atoms with Gasteiger partial charge in [-0.25, -0.2) is 4.98 Å². The molecule has 2 unspecified atom stereocenters. The largest absolute Gasteiger partial charge is 0.298 e. The van der Waals surface area contributed by atoms with Crippen LogP contribution in [0.2, 0.25) is 0 Å². The average Bonchev–Trinajstić information content (AvgIpc) is 2.89. The highest BCUT2D eigenvalue weighted by Crippen LogP contribution is 2.24. The number of nitrogens with zero attached hydrogens (tertiary/aromatic N) is 3. The van der Waals surface area contributed by atoms with E-state index >= 15 is 0 Å². The van der Waals surface area contributed by atoms with Gasteiger partial charge in [-0.15, -0.1) is 11.3 Å². The van der Waals surface area contributed by atoms with Crippen molar-refractivity contribution < 1.29 is 0 Å². The van der Waals surface area contributed by atoms with Gasteiger partial charge >= 0.3 is 0 Å². The molecule has 1 aromatic heterocycles. The summed E-state index contributed by atoms with van der Waals surface area (Å²) in [6, 6.07) is 1.53. The van der Waals surface area contributed by atoms with Crippen LogP contribution in [-0.2, 0) is 6.42 Å². The summed E-state index contributed by atoms with van der Waals surface area (Å²) in [6.07, 6.45) is 7.27. The van der Waals surface area contributed by atoms with Gasteiger partial charge in [0.15, 0.2) is 0 Å². The van der Waals surface area contributed by atoms with Crippen molar-refractivity contribution in [2.24, 2.45) is 0 Å². The molecule has 2 aliphatic rings. The number of piperidine rings is 1. The predicted octanol–water partition coefficient (Wildman–Crippen LogP) is 2.24. The fourth-order valence-electron chi connectivity index (χ4n) is 3.34. The van der Waals surface area contributed by atoms with Gasteiger partial charge < -0.3 is 0 Å². The Balaban J connectivity index is 1.55. The summed E-state index contributed by atoms with van der Waals surface area (Å²) in [6.45, 7) is 7.43. The lowest BCUT2D eigenvalue weighted by atomic mass is 9.97. The van der Waals surface area contributed by atoms with Crippen LogP contribution in [0.5, 0.6) is 0 Å². The molecule has 2 fully saturated rings. The van der Waals surface area contributed by atoms with Crippen LogP contribution in [0, 0.1) is 0 Å². The first kappa shape index (κ1) is 12.6. The molecule has 0 spiro atoms. The van der Waals surface area contributed by atoms with E-state index in [0.29, 0.717) is 6.04 Å². The van der Waals surface area contributed by atoms with Crippen molar-refractivity contribution in [3.63, 3.8) is 0 Å². The molecule has 0 aliphatic carbocycles. The minimum absolute atomic E-state index is 0.708. The minimum atomic E-state index is 0.708. The van der Waals surface area contributed by atoms with Crippen molar-refractivity contribution in [1.82, 2.24) is 14.8 Å². The first-order valence-electron chi connectivity index (χ1n) is 7.19. The van der Waals surface area contributed by atoms with Crippen molar-refractivity contribution in [2.75, 3.05) is 26.2 Å². The summed E-state index contributed by atoms with van der Waals surface area (Å²) in [5, 5.41) is 3.37. The lowest BCUT2D eigenvalue weighted by Crippen LogP contribution is -2.58. The zero-order chi connectivity index (χ0) is 12.4. The van der Waals surface area contributed by atoms with Gasteiger partial charge in [-0.2, -0.15) is 0 Å². The van der Waals surface area contributed by atoms with E-state index in [-0.39, 0.29) is 0 Å². The van der Waals surface area contributed by atoms with E-state index in [1.54, 1.807) is 11.3 Å². The van der Waals surface area contributed by atoms with Gasteiger partial charge in [0.1, 0.15) is 0 Å². The van der Waals surface area contributed by atoms with Crippen molar-refractivity contribution in [2.45, 2.75) is 44.7 Å². The second-order valence-electron chi connectivity index (χ2n) is 5.66. The highest BCUT2D eigenvalue weighted by Gasteiger charge is 2.32. The maximum absolute atomic E-state index is 4.39. The van der Waals surface area contributed by atoms with Crippen LogP contribution in [0.1, 0.15) is 31.2 Å². The van der Waals surface area contributed by atoms with Crippen molar-refractivity contribution in [1.29, 1.82) is 0 Å². The number of fused-ring (bicyclic) bond motifs is 1. The SMILES string of the molecule is CC1CN2CCCCC2CN1CCc1nccs1. The molecule has 2 aliphatic heterocycles. The van der Waals surface area contributed by atoms with Crippen LogP contribution >= 0.6 is 11.3 Å². The van der Waals surface area contributed by atoms with Crippen LogP contribution in [-0.4, -0.2) is 53.0 Å². The van der Waals surface area contributed by atoms with Gasteiger partial charge in [0.25, 0.3) is 0 Å². The van der Waals surface area contributed by atoms with E-state index in [0.717, 1.165) is 12.5 Å². The molecule has 2 atom stereocenters. The van der Waals surface area contributed by atoms with Gasteiger partial charge in [-0.05, 0) is 26.3 Å². The number of hydrogen-bond donors (Lipinski definition) is 0. The first-order chi connectivity index (χ1) is 8.83. The van der Waals surface area contributed by atoms with E-state index in [9.17, 15) is 0 Å². The van der Waals surface area contributed by atoms with Crippen LogP contribution in [0.15, 0.2) is 11.6 Å². The van der Waals surface area contributed by atoms with Crippen LogP contribution in [0.25, 0.3) is 0 Å². The number of piperazine rings is 1. The number of rotatable bonds is 3. The molecule has 0 saturated carbocycles. The van der Waals surface area contributed by atoms with Crippen molar-refractivity contribution >= 4 is 11.3 Å². The summed E-state index contributed by atoms with van der Waals surface area (Å²) in [4.78, 5) is 9.78. The Kier molecular flexibility index (Phi) is 3.97. The molecule has 18 heavy (non-hydrogen) atoms. The molecule has 3 heterocycles. The van der Waals surface area contributed by atoms with E-state index < -0.39 is 0 Å². The predicted molar refractivity (Wildman–Crippen MR) is 76.1 cm³/mol. The van der Waals surface area contributed by atoms with Crippen LogP contribution in [0.3, 0.4) is 0 Å². The summed E-state index contributed by atoms with van der Waals surface area (Å²) < 4.78 is 0. The Labute approximate surface area is 114 Å². The Morgan fingerprint density at radius 3 is 3.17 bits per heavy atom. The fraction of sp³-hybridized carbons (Fsp3) is 0.786. The van der Waals surface area contributed by atoms with Gasteiger partial charge in [0.05, 0.1) is 5.01 Å². The number of thiazole rings is 1. The molecule has 0 aromatic carbocycles. The third kappa shape index (κ3) is 2.76. The highest BCUT2D eigenvalue weighted by atomic mass is 32.1. The fourth-order valence-corrected chi connectivity index (χ4v) is 3.95. The molecule has 0 amide bonds. The topological polar surface area (TPSA) is 19.4 Å². The Morgan fingerprint density at radius 2 is 2.33 bits per heavy atom. The molecule has 0 radical (unpaired) electrons. The molecule has 4 heteroatoms. The minimum Gasteiger partial charge on any atom is -0.298 e. The second-order valence-corrected chi connectivity index (χ2v) is 6.64. The van der Waals surface area contributed by atoms with Crippen molar-refractivity contribution in [3.8, 4) is 0 Å². The highest BCUT2D eigenvalue weighted by molar-refractivity contribution is 7.09. The molecular formula is C14H23N3S. The molecule has 0 N–H and O–H groups in total. The summed E-state index contributed by atoms with van der Waals surface area (Å²) in [5.41, 5.74) is 0. The smallest absolute Gasteiger partial charge is 0.0937 e. The van der Waals surface area contributed by atoms with Gasteiger partial charge in [0, 0.05) is 49.7 Å². The monoisotopic (exact) mass is 265 g/mol. The maximum atomic E-state index is 4.39. The molecule has 1 aromatic rings. The van der Waals surface area contributed by atoms with E-state index in [4.69, 9.17) is 0 Å². The third-order valence-electron chi connectivity index (χ3n) is 4.41. The molecule has 3 nitrogen and oxygen atoms in total. The molecule has 100 valence electrons. The van der Waals surface area contributed by atoms with Gasteiger partial charge in [0.2, 0.25) is 0 Å². The van der Waals surface area contributed by atoms with E-state index in [1.165, 1.54) is 50.4 Å². The Morgan fingerprint density at radius 1 is 1.39 bits per heavy atom. The summed E-state index contributed by atoms with van der Waals surface area (Å²) in [5.74, 6) is 0. The van der Waals surface area contributed by atoms with E-state index in [2.05, 4.69) is 27.1 Å². The normalized spacial score (nSPS) is 30.3. The first-order valence-corrected chi connectivity index (χ1v) is 8.07. The zero-order valence-corrected chi connectivity index (χ0v) is 12.0. The Bertz CT molecular complexity index is 365. The molecule has 2 saturated heterocycles. The van der Waals surface area contributed by atoms with E-state index in [1.807, 2.05) is 6.20 Å². The standard InChI is InChI=1S/C14H23N3S/c1-12-10-17-7-3-2-4-13(17)11-16(12)8-5-14-15-6-9-18-14/h6,9,12-13H,2-5,7-8,10-11H2,1H3. The third-order valence-corrected chi connectivity index (χ3v) is 5.25. The quantitative estimate of drug-likeness (QED) is 0.835. The Hall–Kier alpha value is -0.450. The maximum Gasteiger partial charge on any atom is 0.0937 e. The van der Waals surface area contributed by atoms with Crippen LogP contribution in [0.4, 0.5) is 0 Å². The van der Waals surface area contributed by atoms with Crippen molar-refractivity contribution in [3.05, 3.63) is 16.6 Å². The number of aromatic nitrogens is 1. The lowest BCUT2D eigenvalue weighted by Gasteiger charge is -2.47. The second kappa shape index (κ2) is 5.68. The zero-order valence-electron chi connectivity index (χ0n) is 11.2. The average molecular weight is 265 g/mol. The molecular weight excluding hydrogens is 242 g/mol. The molecule has 3 rings (SSSR count). The molecule has 0 bridgehead atoms. The van der Waals surface area contributed by atoms with Crippen LogP contribution < -0.4 is 0 Å².